The van der Waals surface area contributed by atoms with Crippen LogP contribution in [0, 0.1) is 0 Å². The van der Waals surface area contributed by atoms with Crippen molar-refractivity contribution in [2.45, 2.75) is 64.8 Å². The number of morpholine rings is 1. The summed E-state index contributed by atoms with van der Waals surface area (Å²) in [5.74, 6) is 1.49. The van der Waals surface area contributed by atoms with Crippen LogP contribution in [0.5, 0.6) is 0 Å². The summed E-state index contributed by atoms with van der Waals surface area (Å²) in [4.78, 5) is 4.49. The first-order chi connectivity index (χ1) is 10.9. The summed E-state index contributed by atoms with van der Waals surface area (Å²) in [6.45, 7) is 7.33. The minimum absolute atomic E-state index is 0.1000. The molecule has 1 aromatic heterocycles. The molecular weight excluding hydrogens is 318 g/mol. The highest BCUT2D eigenvalue weighted by molar-refractivity contribution is 7.87. The van der Waals surface area contributed by atoms with Crippen LogP contribution in [-0.2, 0) is 27.9 Å². The lowest BCUT2D eigenvalue weighted by Crippen LogP contribution is -2.52. The van der Waals surface area contributed by atoms with Crippen molar-refractivity contribution in [3.8, 4) is 0 Å². The van der Waals surface area contributed by atoms with Crippen molar-refractivity contribution in [3.63, 3.8) is 0 Å². The SMILES string of the molecule is CCc1nc2n(n1)CCC[C@H]2NS(=O)(=O)N1C[C@@H](C)O[C@@H](C)C1. The Kier molecular flexibility index (Phi) is 4.73. The average molecular weight is 343 g/mol. The summed E-state index contributed by atoms with van der Waals surface area (Å²) in [5, 5.41) is 4.42. The van der Waals surface area contributed by atoms with E-state index < -0.39 is 10.2 Å². The van der Waals surface area contributed by atoms with Crippen LogP contribution in [0.1, 0.15) is 51.3 Å². The average Bonchev–Trinajstić information content (AvgIpc) is 2.90. The molecule has 9 heteroatoms. The van der Waals surface area contributed by atoms with Crippen LogP contribution in [-0.4, -0.2) is 52.8 Å². The second kappa shape index (κ2) is 6.46. The van der Waals surface area contributed by atoms with Gasteiger partial charge in [0.25, 0.3) is 10.2 Å². The quantitative estimate of drug-likeness (QED) is 0.866. The van der Waals surface area contributed by atoms with Crippen LogP contribution < -0.4 is 4.72 Å². The number of fused-ring (bicyclic) bond motifs is 1. The number of nitrogens with one attached hydrogen (secondary N) is 1. The normalized spacial score (nSPS) is 29.4. The molecule has 3 rings (SSSR count). The summed E-state index contributed by atoms with van der Waals surface area (Å²) in [7, 11) is -3.57. The molecule has 0 spiro atoms. The molecule has 0 unspecified atom stereocenters. The lowest BCUT2D eigenvalue weighted by Gasteiger charge is -2.35. The highest BCUT2D eigenvalue weighted by Gasteiger charge is 2.34. The van der Waals surface area contributed by atoms with Gasteiger partial charge in [-0.25, -0.2) is 9.67 Å². The molecule has 1 aromatic rings. The first kappa shape index (κ1) is 16.8. The van der Waals surface area contributed by atoms with E-state index in [1.54, 1.807) is 0 Å². The number of hydrogen-bond donors (Lipinski definition) is 1. The lowest BCUT2D eigenvalue weighted by atomic mass is 10.1. The first-order valence-corrected chi connectivity index (χ1v) is 9.69. The molecule has 0 aliphatic carbocycles. The summed E-state index contributed by atoms with van der Waals surface area (Å²) in [6.07, 6.45) is 2.19. The van der Waals surface area contributed by atoms with Crippen molar-refractivity contribution in [2.24, 2.45) is 0 Å². The third-order valence-electron chi connectivity index (χ3n) is 4.25. The van der Waals surface area contributed by atoms with Gasteiger partial charge in [-0.1, -0.05) is 6.92 Å². The van der Waals surface area contributed by atoms with Crippen molar-refractivity contribution in [1.29, 1.82) is 0 Å². The minimum Gasteiger partial charge on any atom is -0.373 e. The largest absolute Gasteiger partial charge is 0.373 e. The third kappa shape index (κ3) is 3.57. The van der Waals surface area contributed by atoms with Crippen LogP contribution >= 0.6 is 0 Å². The van der Waals surface area contributed by atoms with E-state index in [4.69, 9.17) is 4.74 Å². The summed E-state index contributed by atoms with van der Waals surface area (Å²) < 4.78 is 37.2. The van der Waals surface area contributed by atoms with Gasteiger partial charge in [0.05, 0.1) is 18.2 Å². The molecule has 1 saturated heterocycles. The Hall–Kier alpha value is -1.03. The van der Waals surface area contributed by atoms with E-state index in [1.807, 2.05) is 25.5 Å². The zero-order valence-corrected chi connectivity index (χ0v) is 14.7. The molecule has 130 valence electrons. The third-order valence-corrected chi connectivity index (χ3v) is 5.81. The van der Waals surface area contributed by atoms with Crippen molar-refractivity contribution in [1.82, 2.24) is 23.8 Å². The zero-order chi connectivity index (χ0) is 16.6. The highest BCUT2D eigenvalue weighted by atomic mass is 32.2. The Bertz CT molecular complexity index is 649. The monoisotopic (exact) mass is 343 g/mol. The zero-order valence-electron chi connectivity index (χ0n) is 13.9. The van der Waals surface area contributed by atoms with Gasteiger partial charge in [-0.2, -0.15) is 22.5 Å². The molecule has 8 nitrogen and oxygen atoms in total. The molecule has 0 aromatic carbocycles. The fourth-order valence-corrected chi connectivity index (χ4v) is 4.79. The van der Waals surface area contributed by atoms with Crippen LogP contribution in [0.15, 0.2) is 0 Å². The van der Waals surface area contributed by atoms with Crippen LogP contribution in [0.25, 0.3) is 0 Å². The molecule has 23 heavy (non-hydrogen) atoms. The fraction of sp³-hybridized carbons (Fsp3) is 0.857. The maximum absolute atomic E-state index is 12.7. The Morgan fingerprint density at radius 1 is 1.30 bits per heavy atom. The molecular formula is C14H25N5O3S. The van der Waals surface area contributed by atoms with Crippen molar-refractivity contribution in [2.75, 3.05) is 13.1 Å². The molecule has 0 bridgehead atoms. The van der Waals surface area contributed by atoms with Gasteiger partial charge >= 0.3 is 0 Å². The van der Waals surface area contributed by atoms with Gasteiger partial charge in [-0.15, -0.1) is 0 Å². The van der Waals surface area contributed by atoms with Gasteiger partial charge in [0, 0.05) is 26.1 Å². The Morgan fingerprint density at radius 2 is 2.00 bits per heavy atom. The fourth-order valence-electron chi connectivity index (χ4n) is 3.24. The number of ether oxygens (including phenoxy) is 1. The Balaban J connectivity index is 1.77. The van der Waals surface area contributed by atoms with Gasteiger partial charge in [0.2, 0.25) is 0 Å². The molecule has 3 atom stereocenters. The summed E-state index contributed by atoms with van der Waals surface area (Å²) >= 11 is 0. The minimum atomic E-state index is -3.57. The van der Waals surface area contributed by atoms with E-state index in [1.165, 1.54) is 4.31 Å². The van der Waals surface area contributed by atoms with E-state index in [-0.39, 0.29) is 18.2 Å². The first-order valence-electron chi connectivity index (χ1n) is 8.25. The number of aryl methyl sites for hydroxylation is 2. The molecule has 0 saturated carbocycles. The summed E-state index contributed by atoms with van der Waals surface area (Å²) in [6, 6.07) is -0.310. The Morgan fingerprint density at radius 3 is 2.65 bits per heavy atom. The predicted octanol–water partition coefficient (Wildman–Crippen LogP) is 0.619. The van der Waals surface area contributed by atoms with E-state index in [9.17, 15) is 8.42 Å². The number of aromatic nitrogens is 3. The van der Waals surface area contributed by atoms with Gasteiger partial charge < -0.3 is 4.74 Å². The maximum atomic E-state index is 12.7. The number of hydrogen-bond acceptors (Lipinski definition) is 5. The lowest BCUT2D eigenvalue weighted by molar-refractivity contribution is -0.0445. The van der Waals surface area contributed by atoms with E-state index in [0.717, 1.165) is 37.5 Å². The molecule has 2 aliphatic rings. The van der Waals surface area contributed by atoms with Crippen molar-refractivity contribution < 1.29 is 13.2 Å². The topological polar surface area (TPSA) is 89.3 Å². The predicted molar refractivity (Wildman–Crippen MR) is 85.0 cm³/mol. The van der Waals surface area contributed by atoms with Gasteiger partial charge in [0.15, 0.2) is 5.82 Å². The van der Waals surface area contributed by atoms with Gasteiger partial charge in [0.1, 0.15) is 5.82 Å². The van der Waals surface area contributed by atoms with Gasteiger partial charge in [-0.05, 0) is 26.7 Å². The van der Waals surface area contributed by atoms with E-state index in [2.05, 4.69) is 14.8 Å². The smallest absolute Gasteiger partial charge is 0.280 e. The van der Waals surface area contributed by atoms with Crippen LogP contribution in [0.2, 0.25) is 0 Å². The maximum Gasteiger partial charge on any atom is 0.280 e. The molecule has 3 heterocycles. The highest BCUT2D eigenvalue weighted by Crippen LogP contribution is 2.25. The molecule has 2 aliphatic heterocycles. The van der Waals surface area contributed by atoms with Crippen LogP contribution in [0.4, 0.5) is 0 Å². The standard InChI is InChI=1S/C14H25N5O3S/c1-4-13-15-14-12(6-5-7-19(14)16-13)17-23(20,21)18-8-10(2)22-11(3)9-18/h10-12,17H,4-9H2,1-3H3/t10-,11+,12-/m1/s1. The number of rotatable bonds is 4. The number of nitrogens with zero attached hydrogens (tertiary/aromatic N) is 4. The van der Waals surface area contributed by atoms with Crippen molar-refractivity contribution in [3.05, 3.63) is 11.6 Å². The second-order valence-electron chi connectivity index (χ2n) is 6.35. The second-order valence-corrected chi connectivity index (χ2v) is 8.06. The molecule has 1 fully saturated rings. The summed E-state index contributed by atoms with van der Waals surface area (Å²) in [5.41, 5.74) is 0. The van der Waals surface area contributed by atoms with Crippen molar-refractivity contribution >= 4 is 10.2 Å². The molecule has 1 N–H and O–H groups in total. The van der Waals surface area contributed by atoms with Gasteiger partial charge in [-0.3, -0.25) is 0 Å². The van der Waals surface area contributed by atoms with E-state index in [0.29, 0.717) is 13.1 Å². The Labute approximate surface area is 137 Å². The molecule has 0 amide bonds. The van der Waals surface area contributed by atoms with Crippen LogP contribution in [0.3, 0.4) is 0 Å². The molecule has 0 radical (unpaired) electrons. The van der Waals surface area contributed by atoms with E-state index >= 15 is 0 Å².